The van der Waals surface area contributed by atoms with Crippen LogP contribution in [0.1, 0.15) is 16.7 Å². The maximum Gasteiger partial charge on any atom is 0.248 e. The Kier molecular flexibility index (Phi) is 5.49. The van der Waals surface area contributed by atoms with Crippen molar-refractivity contribution in [2.24, 2.45) is 0 Å². The quantitative estimate of drug-likeness (QED) is 0.641. The Bertz CT molecular complexity index is 957. The summed E-state index contributed by atoms with van der Waals surface area (Å²) < 4.78 is 14.7. The van der Waals surface area contributed by atoms with E-state index < -0.39 is 0 Å². The molecular formula is C18H17ClFN5S. The fourth-order valence-corrected chi connectivity index (χ4v) is 2.89. The monoisotopic (exact) mass is 389 g/mol. The summed E-state index contributed by atoms with van der Waals surface area (Å²) in [5, 5.41) is 11.1. The summed E-state index contributed by atoms with van der Waals surface area (Å²) in [6.45, 7) is 4.43. The predicted octanol–water partition coefficient (Wildman–Crippen LogP) is 4.54. The molecule has 0 aliphatic heterocycles. The Morgan fingerprint density at radius 2 is 2.00 bits per heavy atom. The van der Waals surface area contributed by atoms with Crippen molar-refractivity contribution in [3.8, 4) is 0 Å². The van der Waals surface area contributed by atoms with Crippen LogP contribution in [0.5, 0.6) is 0 Å². The SMILES string of the molecule is Cc1ccc(NC(=S)Nc2ncn(Cc3ccc(F)cc3Cl)n2)c(C)c1. The molecule has 134 valence electrons. The van der Waals surface area contributed by atoms with Gasteiger partial charge >= 0.3 is 0 Å². The lowest BCUT2D eigenvalue weighted by atomic mass is 10.1. The van der Waals surface area contributed by atoms with E-state index in [1.165, 1.54) is 17.7 Å². The summed E-state index contributed by atoms with van der Waals surface area (Å²) >= 11 is 11.3. The smallest absolute Gasteiger partial charge is 0.248 e. The van der Waals surface area contributed by atoms with Crippen molar-refractivity contribution in [2.45, 2.75) is 20.4 Å². The Labute approximate surface area is 161 Å². The third-order valence-corrected chi connectivity index (χ3v) is 4.30. The Morgan fingerprint density at radius 3 is 2.73 bits per heavy atom. The number of aryl methyl sites for hydroxylation is 2. The molecule has 0 radical (unpaired) electrons. The van der Waals surface area contributed by atoms with Gasteiger partial charge in [-0.2, -0.15) is 0 Å². The molecule has 0 saturated heterocycles. The fourth-order valence-electron chi connectivity index (χ4n) is 2.46. The molecule has 3 aromatic rings. The molecule has 2 N–H and O–H groups in total. The molecule has 0 unspecified atom stereocenters. The topological polar surface area (TPSA) is 54.8 Å². The third kappa shape index (κ3) is 4.56. The molecule has 3 rings (SSSR count). The normalized spacial score (nSPS) is 10.6. The van der Waals surface area contributed by atoms with Crippen LogP contribution >= 0.6 is 23.8 Å². The molecule has 0 fully saturated rings. The Hall–Kier alpha value is -2.51. The van der Waals surface area contributed by atoms with Gasteiger partial charge < -0.3 is 5.32 Å². The predicted molar refractivity (Wildman–Crippen MR) is 106 cm³/mol. The van der Waals surface area contributed by atoms with E-state index in [4.69, 9.17) is 23.8 Å². The van der Waals surface area contributed by atoms with E-state index in [9.17, 15) is 4.39 Å². The molecule has 0 saturated carbocycles. The van der Waals surface area contributed by atoms with Crippen LogP contribution in [0.2, 0.25) is 5.02 Å². The van der Waals surface area contributed by atoms with Crippen molar-refractivity contribution in [1.29, 1.82) is 0 Å². The maximum absolute atomic E-state index is 13.1. The van der Waals surface area contributed by atoms with Gasteiger partial charge in [0.25, 0.3) is 0 Å². The molecule has 0 atom stereocenters. The van der Waals surface area contributed by atoms with Gasteiger partial charge in [0, 0.05) is 10.7 Å². The second-order valence-corrected chi connectivity index (χ2v) is 6.71. The van der Waals surface area contributed by atoms with E-state index in [0.29, 0.717) is 22.6 Å². The number of nitrogens with one attached hydrogen (secondary N) is 2. The zero-order valence-electron chi connectivity index (χ0n) is 14.3. The molecule has 0 aliphatic carbocycles. The molecule has 5 nitrogen and oxygen atoms in total. The minimum absolute atomic E-state index is 0.349. The van der Waals surface area contributed by atoms with E-state index in [2.05, 4.69) is 26.8 Å². The first kappa shape index (κ1) is 18.3. The molecule has 26 heavy (non-hydrogen) atoms. The van der Waals surface area contributed by atoms with Crippen molar-refractivity contribution in [3.05, 3.63) is 70.3 Å². The van der Waals surface area contributed by atoms with Crippen LogP contribution in [0, 0.1) is 19.7 Å². The third-order valence-electron chi connectivity index (χ3n) is 3.74. The van der Waals surface area contributed by atoms with E-state index >= 15 is 0 Å². The molecule has 0 amide bonds. The standard InChI is InChI=1S/C18H17ClFN5S/c1-11-3-6-16(12(2)7-11)22-18(26)23-17-21-10-25(24-17)9-13-4-5-14(20)8-15(13)19/h3-8,10H,9H2,1-2H3,(H2,22,23,24,26). The Balaban J connectivity index is 1.63. The number of benzene rings is 2. The molecular weight excluding hydrogens is 373 g/mol. The minimum Gasteiger partial charge on any atom is -0.332 e. The summed E-state index contributed by atoms with van der Waals surface area (Å²) in [6.07, 6.45) is 1.56. The lowest BCUT2D eigenvalue weighted by molar-refractivity contribution is 0.624. The number of hydrogen-bond donors (Lipinski definition) is 2. The highest BCUT2D eigenvalue weighted by Crippen LogP contribution is 2.19. The van der Waals surface area contributed by atoms with Crippen LogP contribution in [0.15, 0.2) is 42.7 Å². The van der Waals surface area contributed by atoms with Crippen molar-refractivity contribution in [2.75, 3.05) is 10.6 Å². The summed E-state index contributed by atoms with van der Waals surface area (Å²) in [5.41, 5.74) is 3.96. The van der Waals surface area contributed by atoms with Gasteiger partial charge in [-0.05, 0) is 55.4 Å². The van der Waals surface area contributed by atoms with E-state index in [1.54, 1.807) is 17.1 Å². The zero-order valence-corrected chi connectivity index (χ0v) is 15.8. The van der Waals surface area contributed by atoms with Crippen LogP contribution in [-0.4, -0.2) is 19.9 Å². The van der Waals surface area contributed by atoms with Crippen LogP contribution in [0.25, 0.3) is 0 Å². The van der Waals surface area contributed by atoms with Crippen molar-refractivity contribution >= 4 is 40.6 Å². The summed E-state index contributed by atoms with van der Waals surface area (Å²) in [5.74, 6) is -0.00647. The first-order chi connectivity index (χ1) is 12.4. The van der Waals surface area contributed by atoms with Crippen molar-refractivity contribution < 1.29 is 4.39 Å². The van der Waals surface area contributed by atoms with Crippen molar-refractivity contribution in [1.82, 2.24) is 14.8 Å². The largest absolute Gasteiger partial charge is 0.332 e. The fraction of sp³-hybridized carbons (Fsp3) is 0.167. The number of halogens is 2. The van der Waals surface area contributed by atoms with Gasteiger partial charge in [-0.25, -0.2) is 14.1 Å². The lowest BCUT2D eigenvalue weighted by Gasteiger charge is -2.11. The minimum atomic E-state index is -0.373. The number of nitrogens with zero attached hydrogens (tertiary/aromatic N) is 3. The molecule has 0 aliphatic rings. The van der Waals surface area contributed by atoms with Gasteiger partial charge in [0.05, 0.1) is 6.54 Å². The van der Waals surface area contributed by atoms with E-state index in [1.807, 2.05) is 26.0 Å². The highest BCUT2D eigenvalue weighted by molar-refractivity contribution is 7.80. The van der Waals surface area contributed by atoms with E-state index in [0.717, 1.165) is 16.8 Å². The average Bonchev–Trinajstić information content (AvgIpc) is 3.00. The molecule has 1 heterocycles. The Morgan fingerprint density at radius 1 is 1.19 bits per heavy atom. The lowest BCUT2D eigenvalue weighted by Crippen LogP contribution is -2.20. The van der Waals surface area contributed by atoms with Gasteiger partial charge in [0.15, 0.2) is 5.11 Å². The van der Waals surface area contributed by atoms with Crippen LogP contribution in [-0.2, 0) is 6.54 Å². The number of thiocarbonyl (C=S) groups is 1. The first-order valence-corrected chi connectivity index (χ1v) is 8.68. The van der Waals surface area contributed by atoms with Gasteiger partial charge in [-0.3, -0.25) is 5.32 Å². The van der Waals surface area contributed by atoms with Gasteiger partial charge in [0.2, 0.25) is 5.95 Å². The second-order valence-electron chi connectivity index (χ2n) is 5.90. The highest BCUT2D eigenvalue weighted by Gasteiger charge is 2.08. The molecule has 2 aromatic carbocycles. The number of rotatable bonds is 4. The summed E-state index contributed by atoms with van der Waals surface area (Å²) in [6, 6.07) is 10.3. The van der Waals surface area contributed by atoms with Gasteiger partial charge in [-0.1, -0.05) is 35.4 Å². The van der Waals surface area contributed by atoms with E-state index in [-0.39, 0.29) is 5.82 Å². The van der Waals surface area contributed by atoms with Gasteiger partial charge in [-0.15, -0.1) is 5.10 Å². The summed E-state index contributed by atoms with van der Waals surface area (Å²) in [7, 11) is 0. The second kappa shape index (κ2) is 7.80. The average molecular weight is 390 g/mol. The highest BCUT2D eigenvalue weighted by atomic mass is 35.5. The summed E-state index contributed by atoms with van der Waals surface area (Å²) in [4.78, 5) is 4.17. The maximum atomic E-state index is 13.1. The molecule has 0 bridgehead atoms. The van der Waals surface area contributed by atoms with Crippen molar-refractivity contribution in [3.63, 3.8) is 0 Å². The van der Waals surface area contributed by atoms with Crippen LogP contribution in [0.4, 0.5) is 16.0 Å². The van der Waals surface area contributed by atoms with Crippen LogP contribution < -0.4 is 10.6 Å². The number of aromatic nitrogens is 3. The van der Waals surface area contributed by atoms with Crippen LogP contribution in [0.3, 0.4) is 0 Å². The molecule has 1 aromatic heterocycles. The molecule has 8 heteroatoms. The van der Waals surface area contributed by atoms with Gasteiger partial charge in [0.1, 0.15) is 12.1 Å². The number of hydrogen-bond acceptors (Lipinski definition) is 3. The first-order valence-electron chi connectivity index (χ1n) is 7.89. The molecule has 0 spiro atoms. The number of anilines is 2. The zero-order chi connectivity index (χ0) is 18.7.